The molecule has 3 aliphatic rings. The number of esters is 1. The Kier molecular flexibility index (Phi) is 52.3. The number of imide groups is 1. The van der Waals surface area contributed by atoms with E-state index in [-0.39, 0.29) is 126 Å². The van der Waals surface area contributed by atoms with Gasteiger partial charge in [0.25, 0.3) is 11.8 Å². The highest BCUT2D eigenvalue weighted by atomic mass is 31.2. The molecule has 0 bridgehead atoms. The minimum Gasteiger partial charge on any atom is -0.481 e. The van der Waals surface area contributed by atoms with E-state index in [0.29, 0.717) is 47.4 Å². The molecule has 1 unspecified atom stereocenters. The molecule has 2 saturated heterocycles. The minimum absolute atomic E-state index is 0.0210. The summed E-state index contributed by atoms with van der Waals surface area (Å²) in [5.74, 6) is -16.2. The van der Waals surface area contributed by atoms with E-state index in [2.05, 4.69) is 63.8 Å². The molecule has 6 rings (SSSR count). The van der Waals surface area contributed by atoms with Gasteiger partial charge in [0.1, 0.15) is 42.4 Å². The lowest BCUT2D eigenvalue weighted by Gasteiger charge is -2.41. The fraction of sp³-hybridized carbons (Fsp3) is 0.600. The number of rotatable bonds is 67. The van der Waals surface area contributed by atoms with E-state index in [1.165, 1.54) is 38.5 Å². The number of carboxylic acid groups (broad SMARTS) is 1. The molecule has 3 heterocycles. The van der Waals surface area contributed by atoms with Gasteiger partial charge in [0.05, 0.1) is 153 Å². The number of hydrogen-bond acceptors (Lipinski definition) is 30. The average Bonchev–Trinajstić information content (AvgIpc) is 1.51. The van der Waals surface area contributed by atoms with Gasteiger partial charge in [-0.3, -0.25) is 105 Å². The molecule has 2 fully saturated rings. The van der Waals surface area contributed by atoms with Gasteiger partial charge >= 0.3 is 27.4 Å². The monoisotopic (exact) mass is 2100 g/mol. The first kappa shape index (κ1) is 123. The van der Waals surface area contributed by atoms with Gasteiger partial charge in [-0.05, 0) is 80.4 Å². The summed E-state index contributed by atoms with van der Waals surface area (Å²) in [5.41, 5.74) is 1.53. The summed E-state index contributed by atoms with van der Waals surface area (Å²) >= 11 is 0. The van der Waals surface area contributed by atoms with Crippen molar-refractivity contribution in [3.05, 3.63) is 114 Å². The van der Waals surface area contributed by atoms with Crippen molar-refractivity contribution in [3.8, 4) is 0 Å². The summed E-state index contributed by atoms with van der Waals surface area (Å²) in [6, 6.07) is 11.4. The zero-order valence-corrected chi connectivity index (χ0v) is 86.2. The Morgan fingerprint density at radius 2 is 1.14 bits per heavy atom. The van der Waals surface area contributed by atoms with E-state index in [1.807, 2.05) is 60.5 Å². The van der Waals surface area contributed by atoms with Gasteiger partial charge in [-0.2, -0.15) is 0 Å². The smallest absolute Gasteiger partial charge is 0.473 e. The normalized spacial score (nSPS) is 17.2. The van der Waals surface area contributed by atoms with Crippen LogP contribution in [0.5, 0.6) is 0 Å². The van der Waals surface area contributed by atoms with Crippen molar-refractivity contribution in [2.75, 3.05) is 146 Å². The Balaban J connectivity index is 0.939. The van der Waals surface area contributed by atoms with Crippen molar-refractivity contribution in [1.29, 1.82) is 0 Å². The molecule has 0 spiro atoms. The third kappa shape index (κ3) is 42.1. The van der Waals surface area contributed by atoms with Crippen LogP contribution in [0.3, 0.4) is 0 Å². The van der Waals surface area contributed by atoms with Crippen LogP contribution in [0.1, 0.15) is 136 Å². The fourth-order valence-electron chi connectivity index (χ4n) is 16.3. The van der Waals surface area contributed by atoms with E-state index in [0.717, 1.165) is 12.2 Å². The number of carbonyl (C=O) groups excluding carboxylic acids is 17. The van der Waals surface area contributed by atoms with Gasteiger partial charge in [-0.25, -0.2) is 9.36 Å². The highest BCUT2D eigenvalue weighted by Gasteiger charge is 2.46. The summed E-state index contributed by atoms with van der Waals surface area (Å²) in [5, 5.41) is 39.4. The van der Waals surface area contributed by atoms with Crippen molar-refractivity contribution in [2.45, 2.75) is 205 Å². The number of ether oxygens (including phenoxy) is 7. The second-order valence-corrected chi connectivity index (χ2v) is 39.3. The molecular weight excluding hydrogens is 1960 g/mol. The molecule has 0 radical (unpaired) electrons. The molecule has 51 heteroatoms. The first-order valence-corrected chi connectivity index (χ1v) is 51.3. The molecule has 0 aliphatic carbocycles. The number of phosphoric ester groups is 1. The van der Waals surface area contributed by atoms with E-state index < -0.39 is 253 Å². The largest absolute Gasteiger partial charge is 0.481 e. The number of carboxylic acids is 1. The SMILES string of the molecule is CC[C@H](C)[C@@H]([C@@H](CC(=O)N1CCC[C@H]1[C@H](OC)[C@@H](C)C(=O)N[C@H](C)[C@@H](OP(=O)(O)OCc1ccc(NC(=O)CNC(=O)[C@H](Cc2ccccc2)NC(=O)CNC(=O)CNC(=O)[C@H](CC(=O)O)NC(=O)[C@H](CC(=O)N[C@H]2CCOC2=O)NC(=O)CCOCCOCCOCCOCCNC(=O)[C@H](CNC(=O)CCP(=O)(O)O)N2C(=O)C=CC2=O)cc1)c1ccccc1)OC)N(C)C(=O)[C@@H](NC(=O)[C@H](C(C)C)N(C)C)C(C)C. The molecule has 3 aromatic carbocycles. The van der Waals surface area contributed by atoms with Gasteiger partial charge in [-0.15, -0.1) is 0 Å². The van der Waals surface area contributed by atoms with Crippen LogP contribution in [-0.4, -0.2) is 359 Å². The number of likely N-dealkylation sites (N-methyl/N-ethyl adjacent to an activating group) is 2. The first-order valence-electron chi connectivity index (χ1n) is 48.0. The minimum atomic E-state index is -4.99. The number of aliphatic carboxylic acids is 1. The lowest BCUT2D eigenvalue weighted by molar-refractivity contribution is -0.148. The molecule has 0 saturated carbocycles. The number of nitrogens with one attached hydrogen (secondary N) is 12. The summed E-state index contributed by atoms with van der Waals surface area (Å²) < 4.78 is 75.3. The summed E-state index contributed by atoms with van der Waals surface area (Å²) in [6.45, 7) is 11.7. The van der Waals surface area contributed by atoms with Crippen molar-refractivity contribution in [2.24, 2.45) is 23.7 Å². The number of likely N-dealkylation sites (tertiary alicyclic amines) is 1. The first-order chi connectivity index (χ1) is 69.2. The molecule has 3 aliphatic heterocycles. The number of amides is 16. The number of carbonyl (C=O) groups is 18. The number of benzene rings is 3. The standard InChI is InChI=1S/C95H142N16O33P2/c1-14-59(6)85(109(11)94(129)83(57(2)3)107-93(128)84(58(4)5)108(9)10)72(136-12)51-81(120)110-37-21-26-70(110)86(137-13)60(7)88(123)101-61(8)87(64-24-19-16-20-25-64)144-146(134,135)143-56-63-27-29-65(30-28-63)102-77(116)55-100-89(124)67(48-62-22-17-15-18-23-62)105-78(117)54-98-76(115)53-99-90(125)69(50-82(121)122)106-91(126)68(49-75(114)103-66-33-39-142-95(66)130)104-74(113)34-38-138-41-43-140-45-46-141-44-42-139-40-36-96-92(127)71(111-79(118)31-32-80(111)119)52-97-73(112)35-47-145(131,132)133/h15-20,22-25,27-32,57-61,66-72,83-87H,14,21,26,33-56H2,1-13H3,(H,96,127)(H,97,112)(H,98,115)(H,99,125)(H,100,124)(H,101,123)(H,102,116)(H,103,114)(H,104,113)(H,105,117)(H,106,126)(H,107,128)(H,121,122)(H,134,135)(H2,131,132,133)/t59-,60+,61+,66-,67-,68-,69-,70-,71-,72+,83-,84-,85-,86+,87+/m0/s1. The summed E-state index contributed by atoms with van der Waals surface area (Å²) in [4.78, 5) is 274. The van der Waals surface area contributed by atoms with Crippen molar-refractivity contribution in [3.63, 3.8) is 0 Å². The molecule has 3 aromatic rings. The number of phosphoric acid groups is 1. The quantitative estimate of drug-likeness (QED) is 0.0140. The molecule has 49 nitrogen and oxygen atoms in total. The second-order valence-electron chi connectivity index (χ2n) is 36.1. The van der Waals surface area contributed by atoms with Crippen LogP contribution in [0.25, 0.3) is 0 Å². The van der Waals surface area contributed by atoms with Crippen LogP contribution < -0.4 is 63.8 Å². The molecule has 16 N–H and O–H groups in total. The maximum Gasteiger partial charge on any atom is 0.473 e. The van der Waals surface area contributed by atoms with Crippen molar-refractivity contribution < 1.29 is 157 Å². The highest BCUT2D eigenvalue weighted by Crippen LogP contribution is 2.50. The number of nitrogens with zero attached hydrogens (tertiary/aromatic N) is 4. The van der Waals surface area contributed by atoms with Crippen LogP contribution in [0.2, 0.25) is 0 Å². The van der Waals surface area contributed by atoms with E-state index in [1.54, 1.807) is 91.4 Å². The maximum absolute atomic E-state index is 14.7. The van der Waals surface area contributed by atoms with Gasteiger partial charge in [0, 0.05) is 84.4 Å². The van der Waals surface area contributed by atoms with Crippen molar-refractivity contribution >= 4 is 128 Å². The molecular formula is C95H142N16O33P2. The van der Waals surface area contributed by atoms with Gasteiger partial charge < -0.3 is 127 Å². The Morgan fingerprint density at radius 1 is 0.555 bits per heavy atom. The topological polar surface area (TPSA) is 663 Å². The predicted octanol–water partition coefficient (Wildman–Crippen LogP) is -0.955. The van der Waals surface area contributed by atoms with E-state index >= 15 is 0 Å². The zero-order chi connectivity index (χ0) is 108. The highest BCUT2D eigenvalue weighted by molar-refractivity contribution is 7.51. The summed E-state index contributed by atoms with van der Waals surface area (Å²) in [7, 11) is -1.25. The lowest BCUT2D eigenvalue weighted by atomic mass is 9.89. The Morgan fingerprint density at radius 3 is 1.71 bits per heavy atom. The van der Waals surface area contributed by atoms with Crippen LogP contribution >= 0.6 is 15.4 Å². The van der Waals surface area contributed by atoms with Crippen LogP contribution in [0.4, 0.5) is 5.69 Å². The fourth-order valence-corrected chi connectivity index (χ4v) is 17.8. The zero-order valence-electron chi connectivity index (χ0n) is 84.5. The average molecular weight is 2100 g/mol. The van der Waals surface area contributed by atoms with E-state index in [9.17, 15) is 105 Å². The Labute approximate surface area is 847 Å². The predicted molar refractivity (Wildman–Crippen MR) is 522 cm³/mol. The molecule has 810 valence electrons. The van der Waals surface area contributed by atoms with E-state index in [4.69, 9.17) is 52.0 Å². The Bertz CT molecular complexity index is 4980. The number of methoxy groups -OCH3 is 2. The van der Waals surface area contributed by atoms with Crippen LogP contribution in [-0.2, 0) is 151 Å². The van der Waals surface area contributed by atoms with Gasteiger partial charge in [0.15, 0.2) is 0 Å². The number of anilines is 1. The third-order valence-electron chi connectivity index (χ3n) is 24.0. The number of hydrogen-bond donors (Lipinski definition) is 16. The maximum atomic E-state index is 14.7. The van der Waals surface area contributed by atoms with Crippen molar-refractivity contribution in [1.82, 2.24) is 78.1 Å². The Hall–Kier alpha value is -12.0. The molecule has 16 amide bonds. The molecule has 146 heavy (non-hydrogen) atoms. The van der Waals surface area contributed by atoms with Crippen LogP contribution in [0, 0.1) is 23.7 Å². The molecule has 0 aromatic heterocycles. The number of cyclic esters (lactones) is 1. The van der Waals surface area contributed by atoms with Gasteiger partial charge in [0.2, 0.25) is 82.7 Å². The second kappa shape index (κ2) is 62.2. The lowest BCUT2D eigenvalue weighted by Crippen LogP contribution is -2.59. The molecule has 16 atom stereocenters. The van der Waals surface area contributed by atoms with Crippen LogP contribution in [0.15, 0.2) is 97.1 Å². The summed E-state index contributed by atoms with van der Waals surface area (Å²) in [6.07, 6.45) is -3.10. The third-order valence-corrected chi connectivity index (χ3v) is 25.8. The van der Waals surface area contributed by atoms with Gasteiger partial charge in [-0.1, -0.05) is 128 Å².